The molecule has 0 aliphatic carbocycles. The van der Waals surface area contributed by atoms with E-state index in [0.717, 1.165) is 37.3 Å². The van der Waals surface area contributed by atoms with Crippen LogP contribution < -0.4 is 5.32 Å². The zero-order chi connectivity index (χ0) is 17.8. The normalized spacial score (nSPS) is 16.3. The number of rotatable bonds is 5. The summed E-state index contributed by atoms with van der Waals surface area (Å²) in [4.78, 5) is 14.0. The van der Waals surface area contributed by atoms with Crippen molar-refractivity contribution in [2.45, 2.75) is 18.9 Å². The van der Waals surface area contributed by atoms with Crippen LogP contribution in [-0.4, -0.2) is 29.3 Å². The highest BCUT2D eigenvalue weighted by Crippen LogP contribution is 2.32. The van der Waals surface area contributed by atoms with Gasteiger partial charge in [-0.05, 0) is 36.3 Å². The number of aromatic amines is 1. The van der Waals surface area contributed by atoms with E-state index in [1.54, 1.807) is 17.4 Å². The van der Waals surface area contributed by atoms with Gasteiger partial charge >= 0.3 is 0 Å². The topological polar surface area (TPSA) is 67.0 Å². The summed E-state index contributed by atoms with van der Waals surface area (Å²) in [6.45, 7) is 1.51. The largest absolute Gasteiger partial charge is 0.381 e. The van der Waals surface area contributed by atoms with Gasteiger partial charge in [0.2, 0.25) is 0 Å². The van der Waals surface area contributed by atoms with Crippen molar-refractivity contribution in [2.75, 3.05) is 13.2 Å². The van der Waals surface area contributed by atoms with E-state index in [1.165, 1.54) is 4.88 Å². The Hall–Kier alpha value is -2.44. The minimum atomic E-state index is -0.121. The van der Waals surface area contributed by atoms with Crippen LogP contribution in [0.5, 0.6) is 0 Å². The highest BCUT2D eigenvalue weighted by molar-refractivity contribution is 7.10. The summed E-state index contributed by atoms with van der Waals surface area (Å²) >= 11 is 1.68. The molecule has 1 atom stereocenters. The van der Waals surface area contributed by atoms with Gasteiger partial charge in [0.05, 0.1) is 11.7 Å². The van der Waals surface area contributed by atoms with Gasteiger partial charge in [0.25, 0.3) is 5.91 Å². The van der Waals surface area contributed by atoms with E-state index in [2.05, 4.69) is 27.0 Å². The number of aromatic nitrogens is 2. The average Bonchev–Trinajstić information content (AvgIpc) is 3.39. The molecule has 4 rings (SSSR count). The smallest absolute Gasteiger partial charge is 0.269 e. The number of nitrogens with zero attached hydrogens (tertiary/aromatic N) is 1. The predicted molar refractivity (Wildman–Crippen MR) is 102 cm³/mol. The molecule has 0 bridgehead atoms. The fraction of sp³-hybridized carbons (Fsp3) is 0.300. The molecule has 5 nitrogen and oxygen atoms in total. The summed E-state index contributed by atoms with van der Waals surface area (Å²) in [7, 11) is 0. The number of H-pyrrole nitrogens is 1. The molecule has 1 aliphatic rings. The molecule has 0 saturated carbocycles. The minimum Gasteiger partial charge on any atom is -0.381 e. The Balaban J connectivity index is 1.52. The maximum Gasteiger partial charge on any atom is 0.269 e. The Kier molecular flexibility index (Phi) is 5.13. The molecule has 134 valence electrons. The first-order chi connectivity index (χ1) is 12.8. The van der Waals surface area contributed by atoms with Crippen molar-refractivity contribution in [3.8, 4) is 11.3 Å². The second-order valence-corrected chi connectivity index (χ2v) is 7.43. The Labute approximate surface area is 156 Å². The number of thiophene rings is 1. The van der Waals surface area contributed by atoms with Gasteiger partial charge in [-0.25, -0.2) is 0 Å². The lowest BCUT2D eigenvalue weighted by Crippen LogP contribution is -2.35. The first kappa shape index (κ1) is 17.0. The summed E-state index contributed by atoms with van der Waals surface area (Å²) in [5, 5.41) is 12.4. The highest BCUT2D eigenvalue weighted by Gasteiger charge is 2.28. The van der Waals surface area contributed by atoms with E-state index < -0.39 is 0 Å². The van der Waals surface area contributed by atoms with Crippen LogP contribution in [0.25, 0.3) is 11.3 Å². The van der Waals surface area contributed by atoms with Gasteiger partial charge < -0.3 is 10.1 Å². The fourth-order valence-corrected chi connectivity index (χ4v) is 4.22. The first-order valence-electron chi connectivity index (χ1n) is 8.84. The number of ether oxygens (including phenoxy) is 1. The molecule has 26 heavy (non-hydrogen) atoms. The fourth-order valence-electron chi connectivity index (χ4n) is 3.35. The zero-order valence-electron chi connectivity index (χ0n) is 14.4. The van der Waals surface area contributed by atoms with E-state index in [9.17, 15) is 4.79 Å². The van der Waals surface area contributed by atoms with Crippen LogP contribution in [0.3, 0.4) is 0 Å². The molecule has 0 radical (unpaired) electrons. The van der Waals surface area contributed by atoms with Crippen molar-refractivity contribution in [1.29, 1.82) is 0 Å². The predicted octanol–water partition coefficient (Wildman–Crippen LogP) is 4.04. The van der Waals surface area contributed by atoms with Gasteiger partial charge in [0.15, 0.2) is 0 Å². The standard InChI is InChI=1S/C20H21N3O2S/c24-20(17-13-16(22-23-17)14-5-2-1-3-6-14)21-19(18-7-4-12-26-18)15-8-10-25-11-9-15/h1-7,12-13,15,19H,8-11H2,(H,21,24)(H,22,23)/t19-/m0/s1. The van der Waals surface area contributed by atoms with Gasteiger partial charge in [0, 0.05) is 23.7 Å². The van der Waals surface area contributed by atoms with E-state index >= 15 is 0 Å². The van der Waals surface area contributed by atoms with Crippen LogP contribution in [0.1, 0.15) is 34.2 Å². The molecule has 3 aromatic rings. The van der Waals surface area contributed by atoms with Crippen LogP contribution >= 0.6 is 11.3 Å². The van der Waals surface area contributed by atoms with Crippen LogP contribution in [0, 0.1) is 5.92 Å². The molecule has 0 spiro atoms. The molecular weight excluding hydrogens is 346 g/mol. The first-order valence-corrected chi connectivity index (χ1v) is 9.72. The van der Waals surface area contributed by atoms with Crippen molar-refractivity contribution in [3.63, 3.8) is 0 Å². The second kappa shape index (κ2) is 7.85. The Morgan fingerprint density at radius 2 is 2.00 bits per heavy atom. The van der Waals surface area contributed by atoms with Gasteiger partial charge in [-0.2, -0.15) is 5.10 Å². The third kappa shape index (κ3) is 3.71. The van der Waals surface area contributed by atoms with Crippen molar-refractivity contribution in [2.24, 2.45) is 5.92 Å². The third-order valence-electron chi connectivity index (χ3n) is 4.77. The summed E-state index contributed by atoms with van der Waals surface area (Å²) in [5.41, 5.74) is 2.24. The van der Waals surface area contributed by atoms with Gasteiger partial charge in [0.1, 0.15) is 5.69 Å². The zero-order valence-corrected chi connectivity index (χ0v) is 15.2. The number of carbonyl (C=O) groups is 1. The monoisotopic (exact) mass is 367 g/mol. The second-order valence-electron chi connectivity index (χ2n) is 6.45. The Morgan fingerprint density at radius 3 is 2.73 bits per heavy atom. The van der Waals surface area contributed by atoms with Crippen LogP contribution in [0.4, 0.5) is 0 Å². The number of carbonyl (C=O) groups excluding carboxylic acids is 1. The summed E-state index contributed by atoms with van der Waals surface area (Å²) in [6, 6.07) is 15.8. The molecule has 1 aromatic carbocycles. The van der Waals surface area contributed by atoms with Gasteiger partial charge in [-0.3, -0.25) is 9.89 Å². The van der Waals surface area contributed by atoms with Crippen molar-refractivity contribution in [1.82, 2.24) is 15.5 Å². The number of amides is 1. The Morgan fingerprint density at radius 1 is 1.19 bits per heavy atom. The summed E-state index contributed by atoms with van der Waals surface area (Å²) < 4.78 is 5.48. The van der Waals surface area contributed by atoms with E-state index in [4.69, 9.17) is 4.74 Å². The lowest BCUT2D eigenvalue weighted by molar-refractivity contribution is 0.0517. The molecule has 1 amide bonds. The molecular formula is C20H21N3O2S. The minimum absolute atomic E-state index is 0.00914. The number of nitrogens with one attached hydrogen (secondary N) is 2. The lowest BCUT2D eigenvalue weighted by Gasteiger charge is -2.30. The molecule has 1 fully saturated rings. The molecule has 1 saturated heterocycles. The number of hydrogen-bond donors (Lipinski definition) is 2. The quantitative estimate of drug-likeness (QED) is 0.715. The average molecular weight is 367 g/mol. The van der Waals surface area contributed by atoms with Crippen LogP contribution in [0.2, 0.25) is 0 Å². The van der Waals surface area contributed by atoms with Crippen molar-refractivity contribution < 1.29 is 9.53 Å². The molecule has 6 heteroatoms. The maximum atomic E-state index is 12.8. The van der Waals surface area contributed by atoms with E-state index in [0.29, 0.717) is 11.6 Å². The van der Waals surface area contributed by atoms with Crippen LogP contribution in [-0.2, 0) is 4.74 Å². The molecule has 2 aromatic heterocycles. The molecule has 3 heterocycles. The van der Waals surface area contributed by atoms with Crippen LogP contribution in [0.15, 0.2) is 53.9 Å². The summed E-state index contributed by atoms with van der Waals surface area (Å²) in [5.74, 6) is 0.271. The molecule has 0 unspecified atom stereocenters. The van der Waals surface area contributed by atoms with E-state index in [-0.39, 0.29) is 11.9 Å². The number of hydrogen-bond acceptors (Lipinski definition) is 4. The Bertz CT molecular complexity index is 839. The maximum absolute atomic E-state index is 12.8. The molecule has 1 aliphatic heterocycles. The van der Waals surface area contributed by atoms with E-state index in [1.807, 2.05) is 36.4 Å². The molecule has 2 N–H and O–H groups in total. The SMILES string of the molecule is O=C(N[C@H](c1cccs1)C1CCOCC1)c1cc(-c2ccccc2)n[nH]1. The summed E-state index contributed by atoms with van der Waals surface area (Å²) in [6.07, 6.45) is 1.92. The third-order valence-corrected chi connectivity index (χ3v) is 5.72. The lowest BCUT2D eigenvalue weighted by atomic mass is 9.90. The van der Waals surface area contributed by atoms with Gasteiger partial charge in [-0.15, -0.1) is 11.3 Å². The highest BCUT2D eigenvalue weighted by atomic mass is 32.1. The van der Waals surface area contributed by atoms with Crippen molar-refractivity contribution in [3.05, 3.63) is 64.5 Å². The number of benzene rings is 1. The van der Waals surface area contributed by atoms with Crippen molar-refractivity contribution >= 4 is 17.2 Å². The van der Waals surface area contributed by atoms with Gasteiger partial charge in [-0.1, -0.05) is 36.4 Å².